The highest BCUT2D eigenvalue weighted by Crippen LogP contribution is 2.28. The van der Waals surface area contributed by atoms with Gasteiger partial charge in [-0.2, -0.15) is 0 Å². The van der Waals surface area contributed by atoms with Crippen LogP contribution in [0.2, 0.25) is 5.02 Å². The summed E-state index contributed by atoms with van der Waals surface area (Å²) in [6.07, 6.45) is 0. The van der Waals surface area contributed by atoms with Gasteiger partial charge in [0.1, 0.15) is 11.5 Å². The van der Waals surface area contributed by atoms with Crippen molar-refractivity contribution >= 4 is 23.0 Å². The van der Waals surface area contributed by atoms with Crippen LogP contribution in [-0.2, 0) is 0 Å². The van der Waals surface area contributed by atoms with Crippen LogP contribution in [0.1, 0.15) is 5.56 Å². The van der Waals surface area contributed by atoms with Crippen LogP contribution in [0.25, 0.3) is 0 Å². The van der Waals surface area contributed by atoms with Crippen molar-refractivity contribution in [2.45, 2.75) is 6.92 Å². The molecule has 0 saturated carbocycles. The van der Waals surface area contributed by atoms with Crippen LogP contribution >= 0.6 is 11.6 Å². The van der Waals surface area contributed by atoms with E-state index in [1.807, 2.05) is 43.3 Å². The first-order valence-electron chi connectivity index (χ1n) is 7.10. The Hall–Kier alpha value is -2.07. The Labute approximate surface area is 136 Å². The maximum absolute atomic E-state index is 6.11. The molecular weight excluding hydrogens is 300 g/mol. The summed E-state index contributed by atoms with van der Waals surface area (Å²) in [6.45, 7) is 3.51. The summed E-state index contributed by atoms with van der Waals surface area (Å²) in [5.74, 6) is 1.58. The minimum absolute atomic E-state index is 0.746. The van der Waals surface area contributed by atoms with Gasteiger partial charge in [-0.3, -0.25) is 0 Å². The van der Waals surface area contributed by atoms with E-state index in [9.17, 15) is 0 Å². The predicted octanol–water partition coefficient (Wildman–Crippen LogP) is 4.19. The molecule has 2 rings (SSSR count). The molecule has 2 N–H and O–H groups in total. The molecule has 0 aliphatic heterocycles. The molecule has 4 nitrogen and oxygen atoms in total. The number of ether oxygens (including phenoxy) is 2. The third-order valence-corrected chi connectivity index (χ3v) is 3.84. The van der Waals surface area contributed by atoms with E-state index in [0.29, 0.717) is 0 Å². The van der Waals surface area contributed by atoms with Crippen LogP contribution in [0.4, 0.5) is 11.4 Å². The van der Waals surface area contributed by atoms with Crippen LogP contribution in [0.3, 0.4) is 0 Å². The molecule has 0 radical (unpaired) electrons. The van der Waals surface area contributed by atoms with E-state index >= 15 is 0 Å². The van der Waals surface area contributed by atoms with Gasteiger partial charge in [-0.05, 0) is 36.8 Å². The van der Waals surface area contributed by atoms with Gasteiger partial charge in [0.25, 0.3) is 0 Å². The molecule has 5 heteroatoms. The summed E-state index contributed by atoms with van der Waals surface area (Å²) >= 11 is 6.11. The second-order valence-electron chi connectivity index (χ2n) is 4.83. The number of hydrogen-bond acceptors (Lipinski definition) is 4. The Bertz CT molecular complexity index is 632. The lowest BCUT2D eigenvalue weighted by Gasteiger charge is -2.14. The number of hydrogen-bond donors (Lipinski definition) is 2. The molecule has 0 atom stereocenters. The van der Waals surface area contributed by atoms with Crippen molar-refractivity contribution in [3.8, 4) is 11.5 Å². The van der Waals surface area contributed by atoms with Crippen molar-refractivity contribution in [3.05, 3.63) is 47.0 Å². The van der Waals surface area contributed by atoms with Gasteiger partial charge in [-0.25, -0.2) is 0 Å². The third-order valence-electron chi connectivity index (χ3n) is 3.43. The Morgan fingerprint density at radius 1 is 0.955 bits per heavy atom. The molecule has 0 saturated heterocycles. The zero-order valence-electron chi connectivity index (χ0n) is 13.1. The number of anilines is 2. The number of methoxy groups -OCH3 is 2. The highest BCUT2D eigenvalue weighted by atomic mass is 35.5. The molecular formula is C17H21ClN2O2. The predicted molar refractivity (Wildman–Crippen MR) is 92.7 cm³/mol. The lowest BCUT2D eigenvalue weighted by molar-refractivity contribution is 0.404. The fraction of sp³-hybridized carbons (Fsp3) is 0.294. The fourth-order valence-electron chi connectivity index (χ4n) is 2.15. The lowest BCUT2D eigenvalue weighted by atomic mass is 10.2. The normalized spacial score (nSPS) is 10.2. The quantitative estimate of drug-likeness (QED) is 0.751. The van der Waals surface area contributed by atoms with Crippen molar-refractivity contribution in [2.24, 2.45) is 0 Å². The largest absolute Gasteiger partial charge is 0.497 e. The van der Waals surface area contributed by atoms with Gasteiger partial charge in [0, 0.05) is 29.9 Å². The van der Waals surface area contributed by atoms with Crippen molar-refractivity contribution in [1.82, 2.24) is 0 Å². The molecule has 2 aromatic carbocycles. The minimum Gasteiger partial charge on any atom is -0.497 e. The van der Waals surface area contributed by atoms with Gasteiger partial charge in [0.15, 0.2) is 0 Å². The number of rotatable bonds is 7. The maximum atomic E-state index is 6.11. The van der Waals surface area contributed by atoms with E-state index in [2.05, 4.69) is 10.6 Å². The molecule has 0 bridgehead atoms. The van der Waals surface area contributed by atoms with E-state index in [1.54, 1.807) is 14.2 Å². The summed E-state index contributed by atoms with van der Waals surface area (Å²) in [5.41, 5.74) is 3.02. The highest BCUT2D eigenvalue weighted by molar-refractivity contribution is 6.31. The van der Waals surface area contributed by atoms with Crippen molar-refractivity contribution in [2.75, 3.05) is 37.9 Å². The highest BCUT2D eigenvalue weighted by Gasteiger charge is 2.05. The Morgan fingerprint density at radius 3 is 2.36 bits per heavy atom. The minimum atomic E-state index is 0.746. The number of nitrogens with one attached hydrogen (secondary N) is 2. The van der Waals surface area contributed by atoms with Gasteiger partial charge in [-0.1, -0.05) is 17.7 Å². The second-order valence-corrected chi connectivity index (χ2v) is 5.24. The van der Waals surface area contributed by atoms with E-state index in [-0.39, 0.29) is 0 Å². The fourth-order valence-corrected chi connectivity index (χ4v) is 2.32. The molecule has 0 aromatic heterocycles. The second kappa shape index (κ2) is 7.80. The molecule has 2 aromatic rings. The Balaban J connectivity index is 1.92. The molecule has 0 heterocycles. The summed E-state index contributed by atoms with van der Waals surface area (Å²) in [6, 6.07) is 11.5. The Morgan fingerprint density at radius 2 is 1.68 bits per heavy atom. The molecule has 0 spiro atoms. The average molecular weight is 321 g/mol. The topological polar surface area (TPSA) is 42.5 Å². The van der Waals surface area contributed by atoms with Crippen molar-refractivity contribution in [3.63, 3.8) is 0 Å². The summed E-state index contributed by atoms with van der Waals surface area (Å²) in [5, 5.41) is 7.48. The standard InChI is InChI=1S/C17H21ClN2O2/c1-12-14(18)5-4-6-15(12)19-9-10-20-16-11-13(21-2)7-8-17(16)22-3/h4-8,11,19-20H,9-10H2,1-3H3. The lowest BCUT2D eigenvalue weighted by Crippen LogP contribution is -2.14. The number of benzene rings is 2. The first kappa shape index (κ1) is 16.3. The van der Waals surface area contributed by atoms with Crippen LogP contribution in [0, 0.1) is 6.92 Å². The van der Waals surface area contributed by atoms with Crippen molar-refractivity contribution < 1.29 is 9.47 Å². The SMILES string of the molecule is COc1ccc(OC)c(NCCNc2cccc(Cl)c2C)c1. The zero-order valence-corrected chi connectivity index (χ0v) is 13.8. The van der Waals surface area contributed by atoms with Gasteiger partial charge in [-0.15, -0.1) is 0 Å². The zero-order chi connectivity index (χ0) is 15.9. The molecule has 22 heavy (non-hydrogen) atoms. The van der Waals surface area contributed by atoms with Gasteiger partial charge in [0.05, 0.1) is 19.9 Å². The van der Waals surface area contributed by atoms with Crippen LogP contribution in [0.15, 0.2) is 36.4 Å². The van der Waals surface area contributed by atoms with E-state index < -0.39 is 0 Å². The van der Waals surface area contributed by atoms with Gasteiger partial charge in [0.2, 0.25) is 0 Å². The molecule has 0 fully saturated rings. The van der Waals surface area contributed by atoms with Crippen molar-refractivity contribution in [1.29, 1.82) is 0 Å². The Kier molecular flexibility index (Phi) is 5.78. The van der Waals surface area contributed by atoms with Crippen LogP contribution in [0.5, 0.6) is 11.5 Å². The van der Waals surface area contributed by atoms with E-state index in [4.69, 9.17) is 21.1 Å². The smallest absolute Gasteiger partial charge is 0.142 e. The summed E-state index contributed by atoms with van der Waals surface area (Å²) < 4.78 is 10.6. The first-order valence-corrected chi connectivity index (χ1v) is 7.48. The van der Waals surface area contributed by atoms with Crippen LogP contribution in [-0.4, -0.2) is 27.3 Å². The molecule has 118 valence electrons. The van der Waals surface area contributed by atoms with E-state index in [1.165, 1.54) is 0 Å². The molecule has 0 aliphatic rings. The number of halogens is 1. The summed E-state index contributed by atoms with van der Waals surface area (Å²) in [7, 11) is 3.30. The molecule has 0 unspecified atom stereocenters. The van der Waals surface area contributed by atoms with Gasteiger partial charge >= 0.3 is 0 Å². The van der Waals surface area contributed by atoms with E-state index in [0.717, 1.165) is 46.5 Å². The molecule has 0 amide bonds. The first-order chi connectivity index (χ1) is 10.7. The third kappa shape index (κ3) is 3.98. The molecule has 0 aliphatic carbocycles. The van der Waals surface area contributed by atoms with Gasteiger partial charge < -0.3 is 20.1 Å². The summed E-state index contributed by atoms with van der Waals surface area (Å²) in [4.78, 5) is 0. The average Bonchev–Trinajstić information content (AvgIpc) is 2.55. The monoisotopic (exact) mass is 320 g/mol. The maximum Gasteiger partial charge on any atom is 0.142 e. The van der Waals surface area contributed by atoms with Crippen LogP contribution < -0.4 is 20.1 Å².